The van der Waals surface area contributed by atoms with Gasteiger partial charge in [0.05, 0.1) is 18.8 Å². The molecule has 4 rings (SSSR count). The Hall–Kier alpha value is -3.48. The van der Waals surface area contributed by atoms with Crippen LogP contribution in [-0.4, -0.2) is 34.0 Å². The molecule has 3 unspecified atom stereocenters. The Bertz CT molecular complexity index is 1270. The third kappa shape index (κ3) is 9.27. The lowest BCUT2D eigenvalue weighted by atomic mass is 10.0. The van der Waals surface area contributed by atoms with Gasteiger partial charge in [0.2, 0.25) is 11.8 Å². The molecular weight excluding hydrogens is 546 g/mol. The number of hydrogen-bond donors (Lipinski definition) is 4. The number of carbonyl (C=O) groups excluding carboxylic acids is 2. The maximum atomic E-state index is 12.3. The minimum Gasteiger partial charge on any atom is -0.618 e. The third-order valence-electron chi connectivity index (χ3n) is 6.72. The maximum absolute atomic E-state index is 12.3. The van der Waals surface area contributed by atoms with Crippen molar-refractivity contribution in [2.75, 3.05) is 11.1 Å². The van der Waals surface area contributed by atoms with E-state index in [0.717, 1.165) is 21.4 Å². The molecule has 2 heterocycles. The largest absolute Gasteiger partial charge is 0.618 e. The standard InChI is InChI=1S/C30H35N3O7S/c34-19-21-9-11-22(12-10-21)26-18-25(20-41-29-8-4-5-17-33(29)38)39-30(40-26)23-13-15-24(16-14-23)31-27(35)6-2-1-3-7-28(36)32-37/h4-5,8-17,25-26,30,34,37H,1-3,6-7,18-20H2,(H,31,35)(H,32,36). The van der Waals surface area contributed by atoms with Gasteiger partial charge in [-0.2, -0.15) is 4.73 Å². The first-order chi connectivity index (χ1) is 19.9. The number of thioether (sulfide) groups is 1. The van der Waals surface area contributed by atoms with Crippen LogP contribution < -0.4 is 15.5 Å². The zero-order chi connectivity index (χ0) is 29.0. The van der Waals surface area contributed by atoms with E-state index in [2.05, 4.69) is 5.32 Å². The molecule has 1 fully saturated rings. The third-order valence-corrected chi connectivity index (χ3v) is 7.87. The molecule has 0 radical (unpaired) electrons. The number of benzene rings is 2. The Morgan fingerprint density at radius 1 is 0.927 bits per heavy atom. The van der Waals surface area contributed by atoms with E-state index in [4.69, 9.17) is 14.7 Å². The molecule has 0 aliphatic carbocycles. The fraction of sp³-hybridized carbons (Fsp3) is 0.367. The molecule has 11 heteroatoms. The molecule has 218 valence electrons. The minimum atomic E-state index is -0.645. The van der Waals surface area contributed by atoms with E-state index in [1.165, 1.54) is 18.0 Å². The summed E-state index contributed by atoms with van der Waals surface area (Å²) in [5.41, 5.74) is 4.85. The Morgan fingerprint density at radius 2 is 1.63 bits per heavy atom. The quantitative estimate of drug-likeness (QED) is 0.0575. The second-order valence-electron chi connectivity index (χ2n) is 9.79. The number of aliphatic hydroxyl groups excluding tert-OH is 1. The number of amides is 2. The van der Waals surface area contributed by atoms with E-state index in [1.807, 2.05) is 42.5 Å². The van der Waals surface area contributed by atoms with Crippen LogP contribution in [0.4, 0.5) is 5.69 Å². The summed E-state index contributed by atoms with van der Waals surface area (Å²) in [5.74, 6) is 0.0219. The van der Waals surface area contributed by atoms with Gasteiger partial charge in [0, 0.05) is 48.4 Å². The first-order valence-corrected chi connectivity index (χ1v) is 14.6. The summed E-state index contributed by atoms with van der Waals surface area (Å²) in [5, 5.41) is 33.5. The van der Waals surface area contributed by atoms with Gasteiger partial charge in [0.1, 0.15) is 0 Å². The minimum absolute atomic E-state index is 0.0324. The van der Waals surface area contributed by atoms with Crippen molar-refractivity contribution in [3.05, 3.63) is 94.8 Å². The van der Waals surface area contributed by atoms with Crippen molar-refractivity contribution in [2.24, 2.45) is 0 Å². The van der Waals surface area contributed by atoms with Crippen molar-refractivity contribution in [1.82, 2.24) is 5.48 Å². The van der Waals surface area contributed by atoms with Crippen LogP contribution in [0.5, 0.6) is 0 Å². The SMILES string of the molecule is O=C(CCCCCC(=O)Nc1ccc(C2OC(CSc3cccc[n+]3[O-])CC(c3ccc(CO)cc3)O2)cc1)NO. The smallest absolute Gasteiger partial charge is 0.251 e. The van der Waals surface area contributed by atoms with Gasteiger partial charge in [-0.3, -0.25) is 14.8 Å². The zero-order valence-electron chi connectivity index (χ0n) is 22.6. The van der Waals surface area contributed by atoms with Crippen molar-refractivity contribution < 1.29 is 34.1 Å². The highest BCUT2D eigenvalue weighted by molar-refractivity contribution is 7.99. The van der Waals surface area contributed by atoms with Crippen molar-refractivity contribution in [2.45, 2.75) is 68.7 Å². The summed E-state index contributed by atoms with van der Waals surface area (Å²) >= 11 is 1.43. The van der Waals surface area contributed by atoms with Gasteiger partial charge < -0.3 is 25.1 Å². The summed E-state index contributed by atoms with van der Waals surface area (Å²) < 4.78 is 13.5. The van der Waals surface area contributed by atoms with Crippen molar-refractivity contribution in [1.29, 1.82) is 0 Å². The van der Waals surface area contributed by atoms with Gasteiger partial charge >= 0.3 is 0 Å². The number of aliphatic hydroxyl groups is 1. The van der Waals surface area contributed by atoms with Gasteiger partial charge in [-0.05, 0) is 42.2 Å². The Kier molecular flexibility index (Phi) is 11.5. The lowest BCUT2D eigenvalue weighted by Gasteiger charge is -2.36. The summed E-state index contributed by atoms with van der Waals surface area (Å²) in [6, 6.07) is 20.3. The van der Waals surface area contributed by atoms with Gasteiger partial charge in [-0.1, -0.05) is 54.6 Å². The number of unbranched alkanes of at least 4 members (excludes halogenated alkanes) is 2. The number of rotatable bonds is 13. The number of carbonyl (C=O) groups is 2. The number of anilines is 1. The fourth-order valence-corrected chi connectivity index (χ4v) is 5.41. The van der Waals surface area contributed by atoms with Gasteiger partial charge in [-0.25, -0.2) is 5.48 Å². The highest BCUT2D eigenvalue weighted by atomic mass is 32.2. The zero-order valence-corrected chi connectivity index (χ0v) is 23.4. The van der Waals surface area contributed by atoms with E-state index in [-0.39, 0.29) is 31.1 Å². The second kappa shape index (κ2) is 15.5. The lowest BCUT2D eigenvalue weighted by Crippen LogP contribution is -2.32. The topological polar surface area (TPSA) is 144 Å². The molecule has 2 aromatic carbocycles. The molecule has 1 aliphatic heterocycles. The molecule has 41 heavy (non-hydrogen) atoms. The molecule has 1 aromatic heterocycles. The molecule has 3 atom stereocenters. The molecule has 2 amide bonds. The molecule has 0 spiro atoms. The Labute approximate surface area is 243 Å². The lowest BCUT2D eigenvalue weighted by molar-refractivity contribution is -0.645. The highest BCUT2D eigenvalue weighted by Gasteiger charge is 2.32. The van der Waals surface area contributed by atoms with Crippen LogP contribution in [0.1, 0.15) is 67.6 Å². The number of hydroxylamine groups is 1. The van der Waals surface area contributed by atoms with Crippen LogP contribution in [0.25, 0.3) is 0 Å². The molecule has 0 bridgehead atoms. The van der Waals surface area contributed by atoms with Crippen molar-refractivity contribution in [3.63, 3.8) is 0 Å². The number of nitrogens with zero attached hydrogens (tertiary/aromatic N) is 1. The normalized spacial score (nSPS) is 18.5. The number of ether oxygens (including phenoxy) is 2. The summed E-state index contributed by atoms with van der Waals surface area (Å²) in [6.45, 7) is -0.0324. The molecule has 0 saturated carbocycles. The number of pyridine rings is 1. The molecular formula is C30H35N3O7S. The van der Waals surface area contributed by atoms with E-state index in [9.17, 15) is 19.9 Å². The second-order valence-corrected chi connectivity index (χ2v) is 10.8. The maximum Gasteiger partial charge on any atom is 0.251 e. The monoisotopic (exact) mass is 581 g/mol. The molecule has 4 N–H and O–H groups in total. The summed E-state index contributed by atoms with van der Waals surface area (Å²) in [7, 11) is 0. The average molecular weight is 582 g/mol. The van der Waals surface area contributed by atoms with Gasteiger partial charge in [-0.15, -0.1) is 0 Å². The number of hydrogen-bond acceptors (Lipinski definition) is 8. The molecule has 10 nitrogen and oxygen atoms in total. The molecule has 3 aromatic rings. The highest BCUT2D eigenvalue weighted by Crippen LogP contribution is 2.39. The summed E-state index contributed by atoms with van der Waals surface area (Å²) in [6.07, 6.45) is 3.50. The summed E-state index contributed by atoms with van der Waals surface area (Å²) in [4.78, 5) is 23.4. The fourth-order valence-electron chi connectivity index (χ4n) is 4.48. The van der Waals surface area contributed by atoms with Crippen LogP contribution in [0.15, 0.2) is 78.0 Å². The average Bonchev–Trinajstić information content (AvgIpc) is 3.00. The van der Waals surface area contributed by atoms with Crippen LogP contribution in [0, 0.1) is 5.21 Å². The van der Waals surface area contributed by atoms with Crippen LogP contribution in [-0.2, 0) is 25.7 Å². The van der Waals surface area contributed by atoms with E-state index >= 15 is 0 Å². The number of nitrogens with one attached hydrogen (secondary N) is 2. The Balaban J connectivity index is 1.37. The van der Waals surface area contributed by atoms with E-state index in [1.54, 1.807) is 29.7 Å². The number of aromatic nitrogens is 1. The molecule has 1 saturated heterocycles. The van der Waals surface area contributed by atoms with Crippen LogP contribution in [0.2, 0.25) is 0 Å². The molecule has 1 aliphatic rings. The van der Waals surface area contributed by atoms with Gasteiger partial charge in [0.25, 0.3) is 5.03 Å². The van der Waals surface area contributed by atoms with E-state index in [0.29, 0.717) is 48.6 Å². The predicted molar refractivity (Wildman–Crippen MR) is 153 cm³/mol. The first kappa shape index (κ1) is 30.5. The van der Waals surface area contributed by atoms with Crippen LogP contribution in [0.3, 0.4) is 0 Å². The predicted octanol–water partition coefficient (Wildman–Crippen LogP) is 4.54. The van der Waals surface area contributed by atoms with Crippen LogP contribution >= 0.6 is 11.8 Å². The van der Waals surface area contributed by atoms with Crippen molar-refractivity contribution >= 4 is 29.3 Å². The first-order valence-electron chi connectivity index (χ1n) is 13.6. The van der Waals surface area contributed by atoms with Crippen molar-refractivity contribution in [3.8, 4) is 0 Å². The van der Waals surface area contributed by atoms with E-state index < -0.39 is 12.2 Å². The van der Waals surface area contributed by atoms with Gasteiger partial charge in [0.15, 0.2) is 12.5 Å². The Morgan fingerprint density at radius 3 is 2.32 bits per heavy atom.